The molecule has 0 aromatic carbocycles. The molecule has 1 aliphatic rings. The maximum Gasteiger partial charge on any atom is 0.303 e. The summed E-state index contributed by atoms with van der Waals surface area (Å²) in [5, 5.41) is 19.1. The summed E-state index contributed by atoms with van der Waals surface area (Å²) in [6, 6.07) is 3.34. The number of carboxylic acid groups (broad SMARTS) is 1. The lowest BCUT2D eigenvalue weighted by Crippen LogP contribution is -2.28. The third kappa shape index (κ3) is 3.74. The van der Waals surface area contributed by atoms with E-state index in [4.69, 9.17) is 5.11 Å². The molecule has 6 heteroatoms. The Morgan fingerprint density at radius 1 is 1.32 bits per heavy atom. The van der Waals surface area contributed by atoms with Crippen LogP contribution in [0.1, 0.15) is 38.5 Å². The summed E-state index contributed by atoms with van der Waals surface area (Å²) in [6.07, 6.45) is 5.40. The molecule has 2 rings (SSSR count). The van der Waals surface area contributed by atoms with Crippen LogP contribution in [0.15, 0.2) is 18.3 Å². The van der Waals surface area contributed by atoms with Crippen molar-refractivity contribution in [3.63, 3.8) is 0 Å². The van der Waals surface area contributed by atoms with Crippen molar-refractivity contribution in [2.75, 3.05) is 5.32 Å². The number of hydrogen-bond acceptors (Lipinski definition) is 4. The van der Waals surface area contributed by atoms with Gasteiger partial charge in [0.1, 0.15) is 0 Å². The number of aromatic nitrogens is 2. The molecule has 0 atom stereocenters. The lowest BCUT2D eigenvalue weighted by molar-refractivity contribution is -0.140. The van der Waals surface area contributed by atoms with Gasteiger partial charge in [0.05, 0.1) is 6.42 Å². The molecule has 1 amide bonds. The first-order valence-electron chi connectivity index (χ1n) is 6.39. The highest BCUT2D eigenvalue weighted by atomic mass is 16.4. The van der Waals surface area contributed by atoms with Crippen LogP contribution in [0.25, 0.3) is 0 Å². The first kappa shape index (κ1) is 13.5. The minimum atomic E-state index is -0.839. The smallest absolute Gasteiger partial charge is 0.303 e. The predicted octanol–water partition coefficient (Wildman–Crippen LogP) is 1.84. The van der Waals surface area contributed by atoms with E-state index < -0.39 is 11.4 Å². The standard InChI is InChI=1S/C13H17N3O3/c17-11(15-10-4-3-7-14-16-10)8-13(9-12(18)19)5-1-2-6-13/h3-4,7H,1-2,5-6,8-9H2,(H,18,19)(H,15,16,17). The summed E-state index contributed by atoms with van der Waals surface area (Å²) in [7, 11) is 0. The number of hydrogen-bond donors (Lipinski definition) is 2. The van der Waals surface area contributed by atoms with Crippen molar-refractivity contribution in [2.24, 2.45) is 5.41 Å². The van der Waals surface area contributed by atoms with Crippen molar-refractivity contribution in [1.82, 2.24) is 10.2 Å². The molecule has 1 saturated carbocycles. The molecule has 1 aromatic heterocycles. The molecule has 2 N–H and O–H groups in total. The van der Waals surface area contributed by atoms with Crippen molar-refractivity contribution in [2.45, 2.75) is 38.5 Å². The van der Waals surface area contributed by atoms with E-state index in [0.717, 1.165) is 25.7 Å². The normalized spacial score (nSPS) is 17.1. The molecule has 6 nitrogen and oxygen atoms in total. The molecule has 0 radical (unpaired) electrons. The van der Waals surface area contributed by atoms with Crippen LogP contribution in [0, 0.1) is 5.41 Å². The Hall–Kier alpha value is -1.98. The maximum atomic E-state index is 12.0. The zero-order chi connectivity index (χ0) is 13.7. The van der Waals surface area contributed by atoms with Crippen molar-refractivity contribution >= 4 is 17.7 Å². The number of nitrogens with one attached hydrogen (secondary N) is 1. The van der Waals surface area contributed by atoms with Gasteiger partial charge in [-0.15, -0.1) is 5.10 Å². The molecule has 1 fully saturated rings. The van der Waals surface area contributed by atoms with Gasteiger partial charge in [0, 0.05) is 12.6 Å². The molecule has 1 aromatic rings. The van der Waals surface area contributed by atoms with Gasteiger partial charge in [-0.3, -0.25) is 9.59 Å². The lowest BCUT2D eigenvalue weighted by atomic mass is 9.79. The van der Waals surface area contributed by atoms with Crippen LogP contribution >= 0.6 is 0 Å². The van der Waals surface area contributed by atoms with Crippen LogP contribution in [0.2, 0.25) is 0 Å². The van der Waals surface area contributed by atoms with Crippen LogP contribution in [-0.2, 0) is 9.59 Å². The van der Waals surface area contributed by atoms with Gasteiger partial charge in [-0.25, -0.2) is 0 Å². The number of nitrogens with zero attached hydrogens (tertiary/aromatic N) is 2. The number of anilines is 1. The summed E-state index contributed by atoms with van der Waals surface area (Å²) in [5.74, 6) is -0.631. The first-order valence-corrected chi connectivity index (χ1v) is 6.39. The van der Waals surface area contributed by atoms with E-state index >= 15 is 0 Å². The lowest BCUT2D eigenvalue weighted by Gasteiger charge is -2.26. The zero-order valence-corrected chi connectivity index (χ0v) is 10.6. The Morgan fingerprint density at radius 3 is 2.63 bits per heavy atom. The second-order valence-corrected chi connectivity index (χ2v) is 5.11. The van der Waals surface area contributed by atoms with Crippen LogP contribution in [-0.4, -0.2) is 27.2 Å². The molecular weight excluding hydrogens is 246 g/mol. The minimum Gasteiger partial charge on any atom is -0.481 e. The van der Waals surface area contributed by atoms with E-state index in [1.54, 1.807) is 12.1 Å². The fourth-order valence-corrected chi connectivity index (χ4v) is 2.76. The third-order valence-electron chi connectivity index (χ3n) is 3.57. The summed E-state index contributed by atoms with van der Waals surface area (Å²) in [5.41, 5.74) is -0.391. The van der Waals surface area contributed by atoms with Crippen LogP contribution in [0.5, 0.6) is 0 Å². The highest BCUT2D eigenvalue weighted by Crippen LogP contribution is 2.44. The number of amides is 1. The molecule has 0 bridgehead atoms. The Bertz CT molecular complexity index is 455. The number of aliphatic carboxylic acids is 1. The predicted molar refractivity (Wildman–Crippen MR) is 68.4 cm³/mol. The van der Waals surface area contributed by atoms with Crippen molar-refractivity contribution in [3.05, 3.63) is 18.3 Å². The summed E-state index contributed by atoms with van der Waals surface area (Å²) >= 11 is 0. The Balaban J connectivity index is 1.97. The molecule has 0 spiro atoms. The van der Waals surface area contributed by atoms with E-state index in [2.05, 4.69) is 15.5 Å². The van der Waals surface area contributed by atoms with Gasteiger partial charge >= 0.3 is 5.97 Å². The molecule has 1 heterocycles. The first-order chi connectivity index (χ1) is 9.10. The van der Waals surface area contributed by atoms with Gasteiger partial charge in [-0.05, 0) is 30.4 Å². The molecule has 102 valence electrons. The van der Waals surface area contributed by atoms with Crippen LogP contribution < -0.4 is 5.32 Å². The topological polar surface area (TPSA) is 92.2 Å². The average Bonchev–Trinajstić information content (AvgIpc) is 2.77. The molecule has 0 saturated heterocycles. The van der Waals surface area contributed by atoms with E-state index in [-0.39, 0.29) is 18.7 Å². The highest BCUT2D eigenvalue weighted by molar-refractivity contribution is 5.90. The van der Waals surface area contributed by atoms with Gasteiger partial charge in [0.15, 0.2) is 5.82 Å². The second kappa shape index (κ2) is 5.77. The summed E-state index contributed by atoms with van der Waals surface area (Å²) < 4.78 is 0. The largest absolute Gasteiger partial charge is 0.481 e. The molecule has 1 aliphatic carbocycles. The monoisotopic (exact) mass is 263 g/mol. The highest BCUT2D eigenvalue weighted by Gasteiger charge is 2.38. The van der Waals surface area contributed by atoms with Gasteiger partial charge in [-0.1, -0.05) is 12.8 Å². The van der Waals surface area contributed by atoms with Crippen molar-refractivity contribution in [1.29, 1.82) is 0 Å². The molecule has 0 unspecified atom stereocenters. The number of carbonyl (C=O) groups excluding carboxylic acids is 1. The number of rotatable bonds is 5. The third-order valence-corrected chi connectivity index (χ3v) is 3.57. The Morgan fingerprint density at radius 2 is 2.05 bits per heavy atom. The van der Waals surface area contributed by atoms with E-state index in [0.29, 0.717) is 5.82 Å². The van der Waals surface area contributed by atoms with E-state index in [9.17, 15) is 9.59 Å². The van der Waals surface area contributed by atoms with Crippen molar-refractivity contribution < 1.29 is 14.7 Å². The average molecular weight is 263 g/mol. The molecule has 19 heavy (non-hydrogen) atoms. The minimum absolute atomic E-state index is 0.0564. The second-order valence-electron chi connectivity index (χ2n) is 5.11. The molecule has 0 aliphatic heterocycles. The fourth-order valence-electron chi connectivity index (χ4n) is 2.76. The Labute approximate surface area is 111 Å². The number of carboxylic acids is 1. The quantitative estimate of drug-likeness (QED) is 0.845. The molecular formula is C13H17N3O3. The fraction of sp³-hybridized carbons (Fsp3) is 0.538. The number of carbonyl (C=O) groups is 2. The van der Waals surface area contributed by atoms with E-state index in [1.165, 1.54) is 6.20 Å². The van der Waals surface area contributed by atoms with Gasteiger partial charge in [0.25, 0.3) is 0 Å². The zero-order valence-electron chi connectivity index (χ0n) is 10.6. The van der Waals surface area contributed by atoms with Gasteiger partial charge in [0.2, 0.25) is 5.91 Å². The summed E-state index contributed by atoms with van der Waals surface area (Å²) in [6.45, 7) is 0. The Kier molecular flexibility index (Phi) is 4.09. The van der Waals surface area contributed by atoms with Crippen LogP contribution in [0.4, 0.5) is 5.82 Å². The van der Waals surface area contributed by atoms with Gasteiger partial charge < -0.3 is 10.4 Å². The van der Waals surface area contributed by atoms with Gasteiger partial charge in [-0.2, -0.15) is 5.10 Å². The van der Waals surface area contributed by atoms with E-state index in [1.807, 2.05) is 0 Å². The van der Waals surface area contributed by atoms with Crippen molar-refractivity contribution in [3.8, 4) is 0 Å². The van der Waals surface area contributed by atoms with Crippen LogP contribution in [0.3, 0.4) is 0 Å². The summed E-state index contributed by atoms with van der Waals surface area (Å²) in [4.78, 5) is 22.9. The SMILES string of the molecule is O=C(O)CC1(CC(=O)Nc2cccnn2)CCCC1. The maximum absolute atomic E-state index is 12.0.